The van der Waals surface area contributed by atoms with Gasteiger partial charge in [-0.3, -0.25) is 4.79 Å². The first-order valence-electron chi connectivity index (χ1n) is 6.86. The van der Waals surface area contributed by atoms with E-state index in [9.17, 15) is 15.0 Å². The summed E-state index contributed by atoms with van der Waals surface area (Å²) in [5.41, 5.74) is 0.0227. The van der Waals surface area contributed by atoms with Crippen molar-refractivity contribution >= 4 is 5.91 Å². The van der Waals surface area contributed by atoms with Gasteiger partial charge in [0.15, 0.2) is 0 Å². The topological polar surface area (TPSA) is 78.8 Å². The maximum Gasteiger partial charge on any atom is 0.255 e. The van der Waals surface area contributed by atoms with Crippen molar-refractivity contribution in [3.8, 4) is 11.5 Å². The van der Waals surface area contributed by atoms with Gasteiger partial charge in [-0.25, -0.2) is 0 Å². The van der Waals surface area contributed by atoms with Crippen LogP contribution in [0.4, 0.5) is 0 Å². The van der Waals surface area contributed by atoms with Crippen LogP contribution in [0.25, 0.3) is 0 Å². The van der Waals surface area contributed by atoms with Crippen molar-refractivity contribution in [2.75, 3.05) is 20.3 Å². The van der Waals surface area contributed by atoms with Crippen molar-refractivity contribution in [3.63, 3.8) is 0 Å². The van der Waals surface area contributed by atoms with Gasteiger partial charge in [-0.05, 0) is 25.0 Å². The van der Waals surface area contributed by atoms with Crippen LogP contribution in [-0.2, 0) is 0 Å². The van der Waals surface area contributed by atoms with E-state index in [1.165, 1.54) is 19.2 Å². The molecule has 0 aliphatic heterocycles. The van der Waals surface area contributed by atoms with Crippen LogP contribution in [0.3, 0.4) is 0 Å². The molecule has 0 aromatic heterocycles. The molecular formula is C15H21NO4. The summed E-state index contributed by atoms with van der Waals surface area (Å²) in [6.07, 6.45) is 4.03. The number of aromatic hydroxyl groups is 1. The standard InChI is InChI=1S/C15H21NO4/c1-20-11-4-5-12(13(18)8-11)14(19)16-9-15(10-17)6-2-3-7-15/h4-5,8,17-18H,2-3,6-7,9-10H2,1H3,(H,16,19). The second-order valence-electron chi connectivity index (χ2n) is 5.43. The highest BCUT2D eigenvalue weighted by molar-refractivity contribution is 5.97. The molecule has 0 unspecified atom stereocenters. The minimum atomic E-state index is -0.329. The highest BCUT2D eigenvalue weighted by Gasteiger charge is 2.33. The van der Waals surface area contributed by atoms with Gasteiger partial charge in [0, 0.05) is 18.0 Å². The van der Waals surface area contributed by atoms with Crippen LogP contribution in [0.2, 0.25) is 0 Å². The largest absolute Gasteiger partial charge is 0.507 e. The van der Waals surface area contributed by atoms with Crippen LogP contribution in [0, 0.1) is 5.41 Å². The van der Waals surface area contributed by atoms with Crippen LogP contribution in [0.5, 0.6) is 11.5 Å². The summed E-state index contributed by atoms with van der Waals surface area (Å²) in [6, 6.07) is 4.57. The van der Waals surface area contributed by atoms with E-state index in [-0.39, 0.29) is 29.2 Å². The second kappa shape index (κ2) is 6.13. The zero-order chi connectivity index (χ0) is 14.6. The molecule has 0 bridgehead atoms. The number of carbonyl (C=O) groups is 1. The lowest BCUT2D eigenvalue weighted by molar-refractivity contribution is 0.0878. The minimum absolute atomic E-state index is 0.0852. The monoisotopic (exact) mass is 279 g/mol. The maximum atomic E-state index is 12.1. The van der Waals surface area contributed by atoms with Gasteiger partial charge in [0.1, 0.15) is 11.5 Å². The van der Waals surface area contributed by atoms with Crippen molar-refractivity contribution in [1.29, 1.82) is 0 Å². The number of nitrogens with one attached hydrogen (secondary N) is 1. The van der Waals surface area contributed by atoms with E-state index in [1.807, 2.05) is 0 Å². The summed E-state index contributed by atoms with van der Waals surface area (Å²) in [7, 11) is 1.50. The van der Waals surface area contributed by atoms with Gasteiger partial charge in [0.25, 0.3) is 5.91 Å². The number of hydrogen-bond acceptors (Lipinski definition) is 4. The Balaban J connectivity index is 2.01. The first-order valence-corrected chi connectivity index (χ1v) is 6.86. The molecule has 5 heteroatoms. The first kappa shape index (κ1) is 14.7. The van der Waals surface area contributed by atoms with Gasteiger partial charge in [-0.15, -0.1) is 0 Å². The third-order valence-electron chi connectivity index (χ3n) is 4.07. The van der Waals surface area contributed by atoms with E-state index in [0.717, 1.165) is 25.7 Å². The smallest absolute Gasteiger partial charge is 0.255 e. The first-order chi connectivity index (χ1) is 9.60. The number of benzene rings is 1. The number of ether oxygens (including phenoxy) is 1. The summed E-state index contributed by atoms with van der Waals surface area (Å²) >= 11 is 0. The van der Waals surface area contributed by atoms with Gasteiger partial charge in [0.2, 0.25) is 0 Å². The molecule has 1 aromatic carbocycles. The number of methoxy groups -OCH3 is 1. The summed E-state index contributed by atoms with van der Waals surface area (Å²) in [4.78, 5) is 12.1. The fourth-order valence-electron chi connectivity index (χ4n) is 2.71. The number of amides is 1. The molecule has 20 heavy (non-hydrogen) atoms. The normalized spacial score (nSPS) is 16.9. The molecule has 0 heterocycles. The average Bonchev–Trinajstić information content (AvgIpc) is 2.94. The van der Waals surface area contributed by atoms with Crippen molar-refractivity contribution in [2.24, 2.45) is 5.41 Å². The van der Waals surface area contributed by atoms with Crippen LogP contribution in [-0.4, -0.2) is 36.4 Å². The fraction of sp³-hybridized carbons (Fsp3) is 0.533. The molecule has 1 amide bonds. The summed E-state index contributed by atoms with van der Waals surface area (Å²) in [6.45, 7) is 0.523. The van der Waals surface area contributed by atoms with E-state index in [1.54, 1.807) is 6.07 Å². The molecule has 1 fully saturated rings. The minimum Gasteiger partial charge on any atom is -0.507 e. The van der Waals surface area contributed by atoms with Crippen LogP contribution < -0.4 is 10.1 Å². The second-order valence-corrected chi connectivity index (χ2v) is 5.43. The number of aliphatic hydroxyl groups excluding tert-OH is 1. The number of phenolic OH excluding ortho intramolecular Hbond substituents is 1. The lowest BCUT2D eigenvalue weighted by Crippen LogP contribution is -2.38. The van der Waals surface area contributed by atoms with Crippen molar-refractivity contribution in [2.45, 2.75) is 25.7 Å². The van der Waals surface area contributed by atoms with Gasteiger partial charge in [-0.1, -0.05) is 12.8 Å². The number of phenols is 1. The zero-order valence-corrected chi connectivity index (χ0v) is 11.7. The molecule has 5 nitrogen and oxygen atoms in total. The van der Waals surface area contributed by atoms with E-state index < -0.39 is 0 Å². The molecule has 0 saturated heterocycles. The van der Waals surface area contributed by atoms with E-state index in [2.05, 4.69) is 5.32 Å². The molecule has 0 spiro atoms. The van der Waals surface area contributed by atoms with E-state index >= 15 is 0 Å². The van der Waals surface area contributed by atoms with E-state index in [4.69, 9.17) is 4.74 Å². The number of aliphatic hydroxyl groups is 1. The van der Waals surface area contributed by atoms with E-state index in [0.29, 0.717) is 12.3 Å². The number of rotatable bonds is 5. The quantitative estimate of drug-likeness (QED) is 0.766. The van der Waals surface area contributed by atoms with Gasteiger partial charge < -0.3 is 20.3 Å². The molecule has 2 rings (SSSR count). The lowest BCUT2D eigenvalue weighted by Gasteiger charge is -2.26. The van der Waals surface area contributed by atoms with Gasteiger partial charge >= 0.3 is 0 Å². The zero-order valence-electron chi connectivity index (χ0n) is 11.7. The third-order valence-corrected chi connectivity index (χ3v) is 4.07. The predicted molar refractivity (Wildman–Crippen MR) is 75.0 cm³/mol. The van der Waals surface area contributed by atoms with Crippen molar-refractivity contribution < 1.29 is 19.7 Å². The average molecular weight is 279 g/mol. The predicted octanol–water partition coefficient (Wildman–Crippen LogP) is 1.68. The molecular weight excluding hydrogens is 258 g/mol. The van der Waals surface area contributed by atoms with Crippen LogP contribution in [0.15, 0.2) is 18.2 Å². The lowest BCUT2D eigenvalue weighted by atomic mass is 9.87. The Labute approximate surface area is 118 Å². The SMILES string of the molecule is COc1ccc(C(=O)NCC2(CO)CCCC2)c(O)c1. The molecule has 1 aliphatic carbocycles. The highest BCUT2D eigenvalue weighted by atomic mass is 16.5. The Morgan fingerprint density at radius 2 is 2.10 bits per heavy atom. The Kier molecular flexibility index (Phi) is 4.49. The number of hydrogen-bond donors (Lipinski definition) is 3. The molecule has 0 atom stereocenters. The summed E-state index contributed by atoms with van der Waals surface area (Å²) in [5, 5.41) is 22.1. The molecule has 3 N–H and O–H groups in total. The maximum absolute atomic E-state index is 12.1. The van der Waals surface area contributed by atoms with Gasteiger partial charge in [0.05, 0.1) is 19.3 Å². The Bertz CT molecular complexity index is 481. The molecule has 1 saturated carbocycles. The highest BCUT2D eigenvalue weighted by Crippen LogP contribution is 2.37. The van der Waals surface area contributed by atoms with Crippen molar-refractivity contribution in [3.05, 3.63) is 23.8 Å². The van der Waals surface area contributed by atoms with Gasteiger partial charge in [-0.2, -0.15) is 0 Å². The Hall–Kier alpha value is -1.75. The Morgan fingerprint density at radius 1 is 1.40 bits per heavy atom. The molecule has 1 aromatic rings. The molecule has 110 valence electrons. The van der Waals surface area contributed by atoms with Crippen molar-refractivity contribution in [1.82, 2.24) is 5.32 Å². The fourth-order valence-corrected chi connectivity index (χ4v) is 2.71. The summed E-state index contributed by atoms with van der Waals surface area (Å²) < 4.78 is 4.98. The number of carbonyl (C=O) groups excluding carboxylic acids is 1. The Morgan fingerprint density at radius 3 is 2.65 bits per heavy atom. The van der Waals surface area contributed by atoms with Crippen LogP contribution in [0.1, 0.15) is 36.0 Å². The third kappa shape index (κ3) is 3.04. The van der Waals surface area contributed by atoms with Crippen LogP contribution >= 0.6 is 0 Å². The molecule has 1 aliphatic rings. The summed E-state index contributed by atoms with van der Waals surface area (Å²) in [5.74, 6) is 0.0675. The molecule has 0 radical (unpaired) electrons.